The molecule has 1 aliphatic heterocycles. The lowest BCUT2D eigenvalue weighted by molar-refractivity contribution is 0.338. The van der Waals surface area contributed by atoms with Gasteiger partial charge in [-0.25, -0.2) is 0 Å². The largest absolute Gasteiger partial charge is 0.370 e. The standard InChI is InChI=1S/C17H24N4.HI/c18-17(21-11-4-1-5-12-21)19-10-6-7-14-13-20-16-9-3-2-8-15(14)16;/h2-3,8-9,13,20H,1,4-7,10-12H2,(H2,18,19);1H. The van der Waals surface area contributed by atoms with Crippen LogP contribution in [-0.2, 0) is 6.42 Å². The third-order valence-electron chi connectivity index (χ3n) is 4.23. The molecule has 1 fully saturated rings. The average Bonchev–Trinajstić information content (AvgIpc) is 2.95. The molecule has 3 N–H and O–H groups in total. The van der Waals surface area contributed by atoms with Gasteiger partial charge in [0.2, 0.25) is 0 Å². The number of likely N-dealkylation sites (tertiary alicyclic amines) is 1. The van der Waals surface area contributed by atoms with Crippen molar-refractivity contribution in [2.24, 2.45) is 10.7 Å². The molecule has 22 heavy (non-hydrogen) atoms. The monoisotopic (exact) mass is 412 g/mol. The number of aryl methyl sites for hydroxylation is 1. The van der Waals surface area contributed by atoms with E-state index in [0.29, 0.717) is 0 Å². The van der Waals surface area contributed by atoms with Crippen molar-refractivity contribution in [1.29, 1.82) is 0 Å². The minimum Gasteiger partial charge on any atom is -0.370 e. The number of hydrogen-bond donors (Lipinski definition) is 2. The fourth-order valence-corrected chi connectivity index (χ4v) is 3.02. The van der Waals surface area contributed by atoms with Gasteiger partial charge in [0.15, 0.2) is 5.96 Å². The summed E-state index contributed by atoms with van der Waals surface area (Å²) in [6.45, 7) is 2.94. The molecular weight excluding hydrogens is 387 g/mol. The van der Waals surface area contributed by atoms with Gasteiger partial charge in [-0.1, -0.05) is 18.2 Å². The minimum absolute atomic E-state index is 0. The molecule has 5 heteroatoms. The Hall–Kier alpha value is -1.24. The number of hydrogen-bond acceptors (Lipinski definition) is 1. The highest BCUT2D eigenvalue weighted by molar-refractivity contribution is 14.0. The molecule has 2 heterocycles. The first kappa shape index (κ1) is 17.1. The molecule has 1 saturated heterocycles. The van der Waals surface area contributed by atoms with E-state index in [-0.39, 0.29) is 24.0 Å². The van der Waals surface area contributed by atoms with E-state index in [0.717, 1.165) is 38.4 Å². The van der Waals surface area contributed by atoms with Gasteiger partial charge in [-0.05, 0) is 43.7 Å². The number of nitrogens with two attached hydrogens (primary N) is 1. The first-order valence-corrected chi connectivity index (χ1v) is 7.94. The summed E-state index contributed by atoms with van der Waals surface area (Å²) < 4.78 is 0. The Bertz CT molecular complexity index is 614. The predicted molar refractivity (Wildman–Crippen MR) is 104 cm³/mol. The fraction of sp³-hybridized carbons (Fsp3) is 0.471. The number of aromatic nitrogens is 1. The van der Waals surface area contributed by atoms with Crippen molar-refractivity contribution in [3.8, 4) is 0 Å². The van der Waals surface area contributed by atoms with Crippen LogP contribution in [0.15, 0.2) is 35.5 Å². The van der Waals surface area contributed by atoms with Gasteiger partial charge < -0.3 is 15.6 Å². The molecule has 0 saturated carbocycles. The smallest absolute Gasteiger partial charge is 0.191 e. The molecule has 0 unspecified atom stereocenters. The van der Waals surface area contributed by atoms with Crippen molar-refractivity contribution in [2.45, 2.75) is 32.1 Å². The number of guanidine groups is 1. The number of nitrogens with one attached hydrogen (secondary N) is 1. The van der Waals surface area contributed by atoms with E-state index in [1.807, 2.05) is 0 Å². The second-order valence-electron chi connectivity index (χ2n) is 5.75. The number of nitrogens with zero attached hydrogens (tertiary/aromatic N) is 2. The van der Waals surface area contributed by atoms with Crippen LogP contribution >= 0.6 is 24.0 Å². The highest BCUT2D eigenvalue weighted by atomic mass is 127. The van der Waals surface area contributed by atoms with Crippen LogP contribution in [0.1, 0.15) is 31.2 Å². The number of piperidine rings is 1. The Morgan fingerprint density at radius 1 is 1.18 bits per heavy atom. The highest BCUT2D eigenvalue weighted by Gasteiger charge is 2.11. The summed E-state index contributed by atoms with van der Waals surface area (Å²) in [4.78, 5) is 10.1. The van der Waals surface area contributed by atoms with Crippen LogP contribution in [0.4, 0.5) is 0 Å². The van der Waals surface area contributed by atoms with Gasteiger partial charge in [-0.15, -0.1) is 24.0 Å². The molecular formula is C17H25IN4. The van der Waals surface area contributed by atoms with Crippen LogP contribution in [0.5, 0.6) is 0 Å². The zero-order chi connectivity index (χ0) is 14.5. The van der Waals surface area contributed by atoms with Crippen molar-refractivity contribution < 1.29 is 0 Å². The SMILES string of the molecule is I.NC(=NCCCc1c[nH]c2ccccc12)N1CCCCC1. The third kappa shape index (κ3) is 4.15. The van der Waals surface area contributed by atoms with Gasteiger partial charge in [-0.3, -0.25) is 4.99 Å². The second kappa shape index (κ2) is 8.41. The third-order valence-corrected chi connectivity index (χ3v) is 4.23. The lowest BCUT2D eigenvalue weighted by Gasteiger charge is -2.27. The summed E-state index contributed by atoms with van der Waals surface area (Å²) in [6.07, 6.45) is 8.00. The molecule has 0 aliphatic carbocycles. The fourth-order valence-electron chi connectivity index (χ4n) is 3.02. The number of aliphatic imine (C=N–C) groups is 1. The summed E-state index contributed by atoms with van der Waals surface area (Å²) in [7, 11) is 0. The van der Waals surface area contributed by atoms with Gasteiger partial charge in [0.25, 0.3) is 0 Å². The van der Waals surface area contributed by atoms with Crippen molar-refractivity contribution >= 4 is 40.8 Å². The van der Waals surface area contributed by atoms with E-state index in [1.165, 1.54) is 35.7 Å². The lowest BCUT2D eigenvalue weighted by atomic mass is 10.1. The predicted octanol–water partition coefficient (Wildman–Crippen LogP) is 3.52. The number of aromatic amines is 1. The van der Waals surface area contributed by atoms with E-state index in [1.54, 1.807) is 0 Å². The van der Waals surface area contributed by atoms with Gasteiger partial charge in [-0.2, -0.15) is 0 Å². The molecule has 1 aromatic carbocycles. The van der Waals surface area contributed by atoms with Crippen molar-refractivity contribution in [3.63, 3.8) is 0 Å². The maximum absolute atomic E-state index is 6.07. The summed E-state index contributed by atoms with van der Waals surface area (Å²) in [5.74, 6) is 0.730. The summed E-state index contributed by atoms with van der Waals surface area (Å²) >= 11 is 0. The Labute approximate surface area is 149 Å². The molecule has 2 aromatic rings. The van der Waals surface area contributed by atoms with Gasteiger partial charge >= 0.3 is 0 Å². The van der Waals surface area contributed by atoms with Crippen molar-refractivity contribution in [3.05, 3.63) is 36.0 Å². The first-order chi connectivity index (χ1) is 10.3. The maximum Gasteiger partial charge on any atom is 0.191 e. The van der Waals surface area contributed by atoms with Crippen LogP contribution in [0.2, 0.25) is 0 Å². The van der Waals surface area contributed by atoms with Crippen LogP contribution < -0.4 is 5.73 Å². The van der Waals surface area contributed by atoms with Crippen LogP contribution in [0, 0.1) is 0 Å². The number of H-pyrrole nitrogens is 1. The molecule has 4 nitrogen and oxygen atoms in total. The molecule has 0 amide bonds. The molecule has 1 aromatic heterocycles. The summed E-state index contributed by atoms with van der Waals surface area (Å²) in [5.41, 5.74) is 8.65. The molecule has 0 radical (unpaired) electrons. The maximum atomic E-state index is 6.07. The van der Waals surface area contributed by atoms with Crippen molar-refractivity contribution in [1.82, 2.24) is 9.88 Å². The average molecular weight is 412 g/mol. The van der Waals surface area contributed by atoms with E-state index in [9.17, 15) is 0 Å². The van der Waals surface area contributed by atoms with E-state index in [2.05, 4.69) is 45.3 Å². The quantitative estimate of drug-likeness (QED) is 0.350. The summed E-state index contributed by atoms with van der Waals surface area (Å²) in [5, 5.41) is 1.32. The summed E-state index contributed by atoms with van der Waals surface area (Å²) in [6, 6.07) is 8.44. The van der Waals surface area contributed by atoms with E-state index in [4.69, 9.17) is 5.73 Å². The molecule has 120 valence electrons. The number of rotatable bonds is 4. The first-order valence-electron chi connectivity index (χ1n) is 7.94. The Kier molecular flexibility index (Phi) is 6.54. The Morgan fingerprint density at radius 3 is 2.77 bits per heavy atom. The number of para-hydroxylation sites is 1. The van der Waals surface area contributed by atoms with Gasteiger partial charge in [0.05, 0.1) is 0 Å². The Morgan fingerprint density at radius 2 is 1.95 bits per heavy atom. The highest BCUT2D eigenvalue weighted by Crippen LogP contribution is 2.18. The molecule has 3 rings (SSSR count). The zero-order valence-electron chi connectivity index (χ0n) is 12.9. The molecule has 1 aliphatic rings. The number of benzene rings is 1. The second-order valence-corrected chi connectivity index (χ2v) is 5.75. The minimum atomic E-state index is 0. The topological polar surface area (TPSA) is 57.4 Å². The van der Waals surface area contributed by atoms with Crippen molar-refractivity contribution in [2.75, 3.05) is 19.6 Å². The zero-order valence-corrected chi connectivity index (χ0v) is 15.3. The van der Waals surface area contributed by atoms with Crippen LogP contribution in [-0.4, -0.2) is 35.5 Å². The van der Waals surface area contributed by atoms with E-state index >= 15 is 0 Å². The normalized spacial score (nSPS) is 15.8. The number of halogens is 1. The van der Waals surface area contributed by atoms with Gasteiger partial charge in [0, 0.05) is 36.7 Å². The number of fused-ring (bicyclic) bond motifs is 1. The van der Waals surface area contributed by atoms with E-state index < -0.39 is 0 Å². The van der Waals surface area contributed by atoms with Crippen LogP contribution in [0.3, 0.4) is 0 Å². The molecule has 0 bridgehead atoms. The lowest BCUT2D eigenvalue weighted by Crippen LogP contribution is -2.40. The molecule has 0 spiro atoms. The molecule has 0 atom stereocenters. The Balaban J connectivity index is 0.00000176. The van der Waals surface area contributed by atoms with Gasteiger partial charge in [0.1, 0.15) is 0 Å². The van der Waals surface area contributed by atoms with Crippen LogP contribution in [0.25, 0.3) is 10.9 Å².